The Labute approximate surface area is 167 Å². The van der Waals surface area contributed by atoms with Gasteiger partial charge in [0.2, 0.25) is 0 Å². The van der Waals surface area contributed by atoms with E-state index in [0.29, 0.717) is 17.8 Å². The van der Waals surface area contributed by atoms with Crippen molar-refractivity contribution in [2.24, 2.45) is 0 Å². The second kappa shape index (κ2) is 8.14. The number of pyridine rings is 1. The van der Waals surface area contributed by atoms with Gasteiger partial charge in [0.1, 0.15) is 23.8 Å². The molecule has 0 spiro atoms. The van der Waals surface area contributed by atoms with Crippen molar-refractivity contribution in [3.63, 3.8) is 0 Å². The minimum Gasteiger partial charge on any atom is -0.461 e. The van der Waals surface area contributed by atoms with E-state index < -0.39 is 0 Å². The van der Waals surface area contributed by atoms with E-state index in [1.54, 1.807) is 12.3 Å². The van der Waals surface area contributed by atoms with Crippen molar-refractivity contribution in [3.05, 3.63) is 94.2 Å². The van der Waals surface area contributed by atoms with Crippen molar-refractivity contribution < 1.29 is 13.9 Å². The van der Waals surface area contributed by atoms with Crippen LogP contribution in [-0.4, -0.2) is 15.4 Å². The smallest absolute Gasteiger partial charge is 0.306 e. The van der Waals surface area contributed by atoms with Crippen LogP contribution in [0.1, 0.15) is 23.4 Å². The molecule has 3 heterocycles. The lowest BCUT2D eigenvalue weighted by Crippen LogP contribution is -2.17. The van der Waals surface area contributed by atoms with E-state index in [0.717, 1.165) is 22.6 Å². The second-order valence-corrected chi connectivity index (χ2v) is 6.81. The maximum Gasteiger partial charge on any atom is 0.306 e. The topological polar surface area (TPSA) is 73.8 Å². The summed E-state index contributed by atoms with van der Waals surface area (Å²) < 4.78 is 12.5. The van der Waals surface area contributed by atoms with Gasteiger partial charge in [0, 0.05) is 24.2 Å². The summed E-state index contributed by atoms with van der Waals surface area (Å²) in [6.45, 7) is 1.87. The van der Waals surface area contributed by atoms with Gasteiger partial charge in [-0.1, -0.05) is 36.4 Å². The molecule has 0 N–H and O–H groups in total. The highest BCUT2D eigenvalue weighted by atomic mass is 16.5. The summed E-state index contributed by atoms with van der Waals surface area (Å²) in [4.78, 5) is 28.7. The number of esters is 1. The summed E-state index contributed by atoms with van der Waals surface area (Å²) >= 11 is 0. The first-order valence-corrected chi connectivity index (χ1v) is 9.37. The van der Waals surface area contributed by atoms with Crippen LogP contribution in [0.4, 0.5) is 0 Å². The number of ether oxygens (including phenoxy) is 1. The lowest BCUT2D eigenvalue weighted by molar-refractivity contribution is -0.145. The fourth-order valence-electron chi connectivity index (χ4n) is 3.05. The maximum atomic E-state index is 12.2. The number of hydrogen-bond donors (Lipinski definition) is 0. The molecule has 6 nitrogen and oxygen atoms in total. The molecule has 0 unspecified atom stereocenters. The molecule has 3 aromatic heterocycles. The average molecular weight is 388 g/mol. The normalized spacial score (nSPS) is 10.9. The molecule has 4 rings (SSSR count). The van der Waals surface area contributed by atoms with Gasteiger partial charge in [-0.2, -0.15) is 0 Å². The summed E-state index contributed by atoms with van der Waals surface area (Å²) in [5.41, 5.74) is 2.71. The van der Waals surface area contributed by atoms with E-state index in [2.05, 4.69) is 4.98 Å². The summed E-state index contributed by atoms with van der Waals surface area (Å²) in [6, 6.07) is 18.6. The molecule has 0 saturated heterocycles. The van der Waals surface area contributed by atoms with Crippen LogP contribution in [0.2, 0.25) is 0 Å². The highest BCUT2D eigenvalue weighted by Crippen LogP contribution is 2.22. The van der Waals surface area contributed by atoms with E-state index in [1.807, 2.05) is 55.5 Å². The second-order valence-electron chi connectivity index (χ2n) is 6.81. The van der Waals surface area contributed by atoms with Crippen molar-refractivity contribution in [2.45, 2.75) is 26.4 Å². The SMILES string of the molecule is Cc1ccc2nc(COC(=O)CCc3ccc(-c4ccccc4)o3)cc(=O)n2c1. The number of aromatic nitrogens is 2. The molecule has 1 aromatic carbocycles. The molecule has 0 atom stereocenters. The molecule has 0 aliphatic carbocycles. The first-order valence-electron chi connectivity index (χ1n) is 9.37. The van der Waals surface area contributed by atoms with Crippen LogP contribution in [0.25, 0.3) is 17.0 Å². The van der Waals surface area contributed by atoms with Gasteiger partial charge in [0.15, 0.2) is 0 Å². The fourth-order valence-corrected chi connectivity index (χ4v) is 3.05. The third-order valence-electron chi connectivity index (χ3n) is 4.54. The van der Waals surface area contributed by atoms with Crippen LogP contribution in [0, 0.1) is 6.92 Å². The molecule has 0 radical (unpaired) electrons. The molecule has 0 aliphatic rings. The number of furan rings is 1. The van der Waals surface area contributed by atoms with Gasteiger partial charge in [0.05, 0.1) is 12.1 Å². The molecular weight excluding hydrogens is 368 g/mol. The van der Waals surface area contributed by atoms with Crippen molar-refractivity contribution in [1.82, 2.24) is 9.38 Å². The van der Waals surface area contributed by atoms with Gasteiger partial charge in [-0.15, -0.1) is 0 Å². The Hall–Kier alpha value is -3.67. The zero-order valence-electron chi connectivity index (χ0n) is 16.0. The van der Waals surface area contributed by atoms with E-state index >= 15 is 0 Å². The molecule has 4 aromatic rings. The number of nitrogens with zero attached hydrogens (tertiary/aromatic N) is 2. The molecule has 0 saturated carbocycles. The van der Waals surface area contributed by atoms with Crippen LogP contribution in [-0.2, 0) is 22.6 Å². The third-order valence-corrected chi connectivity index (χ3v) is 4.54. The number of aryl methyl sites for hydroxylation is 2. The number of carbonyl (C=O) groups is 1. The van der Waals surface area contributed by atoms with Crippen LogP contribution in [0.5, 0.6) is 0 Å². The molecule has 0 amide bonds. The summed E-state index contributed by atoms with van der Waals surface area (Å²) in [7, 11) is 0. The summed E-state index contributed by atoms with van der Waals surface area (Å²) in [6.07, 6.45) is 2.36. The minimum atomic E-state index is -0.367. The van der Waals surface area contributed by atoms with Crippen molar-refractivity contribution in [2.75, 3.05) is 0 Å². The molecule has 6 heteroatoms. The fraction of sp³-hybridized carbons (Fsp3) is 0.174. The maximum absolute atomic E-state index is 12.2. The molecule has 0 bridgehead atoms. The predicted octanol–water partition coefficient (Wildman–Crippen LogP) is 3.94. The van der Waals surface area contributed by atoms with Crippen LogP contribution in [0.15, 0.2) is 76.1 Å². The summed E-state index contributed by atoms with van der Waals surface area (Å²) in [5.74, 6) is 1.12. The molecule has 0 fully saturated rings. The molecular formula is C23H20N2O4. The Kier molecular flexibility index (Phi) is 5.24. The van der Waals surface area contributed by atoms with E-state index in [4.69, 9.17) is 9.15 Å². The highest BCUT2D eigenvalue weighted by Gasteiger charge is 2.10. The first-order chi connectivity index (χ1) is 14.1. The Morgan fingerprint density at radius 3 is 2.76 bits per heavy atom. The quantitative estimate of drug-likeness (QED) is 0.468. The van der Waals surface area contributed by atoms with Gasteiger partial charge in [-0.3, -0.25) is 14.0 Å². The van der Waals surface area contributed by atoms with Gasteiger partial charge >= 0.3 is 5.97 Å². The van der Waals surface area contributed by atoms with Crippen molar-refractivity contribution >= 4 is 11.6 Å². The lowest BCUT2D eigenvalue weighted by atomic mass is 10.2. The van der Waals surface area contributed by atoms with Crippen molar-refractivity contribution in [1.29, 1.82) is 0 Å². The lowest BCUT2D eigenvalue weighted by Gasteiger charge is -2.06. The van der Waals surface area contributed by atoms with Crippen molar-refractivity contribution in [3.8, 4) is 11.3 Å². The van der Waals surface area contributed by atoms with Gasteiger partial charge in [-0.05, 0) is 30.7 Å². The van der Waals surface area contributed by atoms with E-state index in [1.165, 1.54) is 10.5 Å². The highest BCUT2D eigenvalue weighted by molar-refractivity contribution is 5.69. The van der Waals surface area contributed by atoms with Crippen LogP contribution < -0.4 is 5.56 Å². The molecule has 146 valence electrons. The number of fused-ring (bicyclic) bond motifs is 1. The Morgan fingerprint density at radius 2 is 1.93 bits per heavy atom. The average Bonchev–Trinajstić information content (AvgIpc) is 3.21. The number of hydrogen-bond acceptors (Lipinski definition) is 5. The predicted molar refractivity (Wildman–Crippen MR) is 108 cm³/mol. The molecule has 29 heavy (non-hydrogen) atoms. The number of carbonyl (C=O) groups excluding carboxylic acids is 1. The largest absolute Gasteiger partial charge is 0.461 e. The Morgan fingerprint density at radius 1 is 1.10 bits per heavy atom. The van der Waals surface area contributed by atoms with Gasteiger partial charge in [0.25, 0.3) is 5.56 Å². The Balaban J connectivity index is 1.34. The minimum absolute atomic E-state index is 0.0358. The number of benzene rings is 1. The standard InChI is InChI=1S/C23H20N2O4/c1-16-7-11-21-24-18(13-22(26)25(21)14-16)15-28-23(27)12-9-19-8-10-20(29-19)17-5-3-2-4-6-17/h2-8,10-11,13-14H,9,12,15H2,1H3. The first kappa shape index (κ1) is 18.7. The zero-order chi connectivity index (χ0) is 20.2. The Bertz CT molecular complexity index is 1210. The monoisotopic (exact) mass is 388 g/mol. The van der Waals surface area contributed by atoms with Crippen LogP contribution in [0.3, 0.4) is 0 Å². The summed E-state index contributed by atoms with van der Waals surface area (Å²) in [5, 5.41) is 0. The van der Waals surface area contributed by atoms with E-state index in [-0.39, 0.29) is 24.6 Å². The molecule has 0 aliphatic heterocycles. The number of rotatable bonds is 6. The van der Waals surface area contributed by atoms with E-state index in [9.17, 15) is 9.59 Å². The van der Waals surface area contributed by atoms with Crippen LogP contribution >= 0.6 is 0 Å². The van der Waals surface area contributed by atoms with Gasteiger partial charge in [-0.25, -0.2) is 4.98 Å². The third kappa shape index (κ3) is 4.43. The van der Waals surface area contributed by atoms with Gasteiger partial charge < -0.3 is 9.15 Å². The zero-order valence-corrected chi connectivity index (χ0v) is 16.0.